The number of ether oxygens (including phenoxy) is 1. The second kappa shape index (κ2) is 9.54. The summed E-state index contributed by atoms with van der Waals surface area (Å²) in [5, 5.41) is 1.21. The Morgan fingerprint density at radius 1 is 0.676 bits per heavy atom. The van der Waals surface area contributed by atoms with Crippen molar-refractivity contribution in [2.75, 3.05) is 0 Å². The average Bonchev–Trinajstić information content (AvgIpc) is 3.21. The van der Waals surface area contributed by atoms with E-state index >= 15 is 0 Å². The van der Waals surface area contributed by atoms with Crippen molar-refractivity contribution in [3.63, 3.8) is 0 Å². The molecule has 0 saturated heterocycles. The van der Waals surface area contributed by atoms with Crippen molar-refractivity contribution in [2.24, 2.45) is 0 Å². The SMILES string of the molecule is FC(F)(F)c1ccc(Cc2[se]c3ccccc3c2-c2ccc(OCc3ccccc3)cc2)cc1. The Kier molecular flexibility index (Phi) is 6.32. The van der Waals surface area contributed by atoms with Crippen LogP contribution in [0.5, 0.6) is 5.75 Å². The number of benzene rings is 4. The van der Waals surface area contributed by atoms with Crippen LogP contribution in [0.25, 0.3) is 20.8 Å². The van der Waals surface area contributed by atoms with Crippen molar-refractivity contribution >= 4 is 24.1 Å². The van der Waals surface area contributed by atoms with E-state index in [-0.39, 0.29) is 14.5 Å². The van der Waals surface area contributed by atoms with E-state index in [4.69, 9.17) is 4.74 Å². The molecule has 1 aromatic heterocycles. The molecule has 5 heteroatoms. The van der Waals surface area contributed by atoms with E-state index in [1.807, 2.05) is 54.6 Å². The first-order chi connectivity index (χ1) is 16.5. The summed E-state index contributed by atoms with van der Waals surface area (Å²) in [5.74, 6) is 0.800. The van der Waals surface area contributed by atoms with E-state index in [2.05, 4.69) is 24.3 Å². The van der Waals surface area contributed by atoms with Gasteiger partial charge in [0, 0.05) is 0 Å². The van der Waals surface area contributed by atoms with Gasteiger partial charge in [-0.05, 0) is 0 Å². The molecule has 5 rings (SSSR count). The molecule has 1 heterocycles. The first-order valence-electron chi connectivity index (χ1n) is 10.9. The molecule has 0 spiro atoms. The Bertz CT molecular complexity index is 1390. The Morgan fingerprint density at radius 2 is 1.35 bits per heavy atom. The summed E-state index contributed by atoms with van der Waals surface area (Å²) in [5.41, 5.74) is 3.67. The van der Waals surface area contributed by atoms with E-state index in [1.165, 1.54) is 31.8 Å². The molecule has 0 aliphatic carbocycles. The number of alkyl halides is 3. The average molecular weight is 521 g/mol. The Morgan fingerprint density at radius 3 is 2.06 bits per heavy atom. The summed E-state index contributed by atoms with van der Waals surface area (Å²) in [6, 6.07) is 32.0. The molecule has 0 radical (unpaired) electrons. The van der Waals surface area contributed by atoms with Crippen molar-refractivity contribution in [3.8, 4) is 16.9 Å². The van der Waals surface area contributed by atoms with Gasteiger partial charge in [-0.3, -0.25) is 0 Å². The van der Waals surface area contributed by atoms with Crippen LogP contribution in [-0.4, -0.2) is 14.5 Å². The third-order valence-corrected chi connectivity index (χ3v) is 8.16. The van der Waals surface area contributed by atoms with Crippen molar-refractivity contribution in [1.82, 2.24) is 0 Å². The van der Waals surface area contributed by atoms with Gasteiger partial charge in [0.2, 0.25) is 0 Å². The first-order valence-corrected chi connectivity index (χ1v) is 12.6. The fourth-order valence-corrected chi connectivity index (χ4v) is 6.64. The summed E-state index contributed by atoms with van der Waals surface area (Å²) in [7, 11) is 0. The molecular weight excluding hydrogens is 500 g/mol. The zero-order valence-corrected chi connectivity index (χ0v) is 19.9. The Hall–Kier alpha value is -3.27. The fraction of sp³-hybridized carbons (Fsp3) is 0.103. The van der Waals surface area contributed by atoms with Crippen LogP contribution in [0.15, 0.2) is 103 Å². The topological polar surface area (TPSA) is 9.23 Å². The van der Waals surface area contributed by atoms with Gasteiger partial charge < -0.3 is 0 Å². The number of fused-ring (bicyclic) bond motifs is 1. The molecule has 0 saturated carbocycles. The van der Waals surface area contributed by atoms with Gasteiger partial charge in [-0.25, -0.2) is 0 Å². The summed E-state index contributed by atoms with van der Waals surface area (Å²) >= 11 is 0.122. The number of rotatable bonds is 6. The summed E-state index contributed by atoms with van der Waals surface area (Å²) < 4.78 is 47.4. The zero-order valence-electron chi connectivity index (χ0n) is 18.2. The third-order valence-electron chi connectivity index (χ3n) is 5.71. The van der Waals surface area contributed by atoms with Crippen molar-refractivity contribution < 1.29 is 17.9 Å². The third kappa shape index (κ3) is 4.96. The quantitative estimate of drug-likeness (QED) is 0.208. The molecule has 34 heavy (non-hydrogen) atoms. The van der Waals surface area contributed by atoms with Crippen molar-refractivity contribution in [1.29, 1.82) is 0 Å². The normalized spacial score (nSPS) is 11.6. The molecule has 0 N–H and O–H groups in total. The van der Waals surface area contributed by atoms with Crippen molar-refractivity contribution in [3.05, 3.63) is 124 Å². The van der Waals surface area contributed by atoms with Crippen molar-refractivity contribution in [2.45, 2.75) is 19.2 Å². The van der Waals surface area contributed by atoms with Crippen LogP contribution < -0.4 is 4.74 Å². The number of halogens is 3. The zero-order chi connectivity index (χ0) is 23.5. The van der Waals surface area contributed by atoms with E-state index in [0.717, 1.165) is 22.4 Å². The van der Waals surface area contributed by atoms with Crippen LogP contribution >= 0.6 is 0 Å². The molecule has 0 fully saturated rings. The van der Waals surface area contributed by atoms with Gasteiger partial charge >= 0.3 is 202 Å². The molecule has 1 nitrogen and oxygen atoms in total. The maximum atomic E-state index is 13.0. The van der Waals surface area contributed by atoms with Gasteiger partial charge in [0.25, 0.3) is 0 Å². The predicted molar refractivity (Wildman–Crippen MR) is 131 cm³/mol. The first kappa shape index (κ1) is 22.5. The van der Waals surface area contributed by atoms with Crippen LogP contribution in [0.2, 0.25) is 0 Å². The molecule has 5 aromatic rings. The second-order valence-electron chi connectivity index (χ2n) is 8.07. The molecular formula is C29H21F3OSe. The van der Waals surface area contributed by atoms with Gasteiger partial charge in [-0.1, -0.05) is 0 Å². The molecule has 170 valence electrons. The van der Waals surface area contributed by atoms with Gasteiger partial charge in [-0.2, -0.15) is 0 Å². The van der Waals surface area contributed by atoms with Gasteiger partial charge in [0.05, 0.1) is 0 Å². The van der Waals surface area contributed by atoms with E-state index in [1.54, 1.807) is 12.1 Å². The summed E-state index contributed by atoms with van der Waals surface area (Å²) in [6.45, 7) is 0.508. The summed E-state index contributed by atoms with van der Waals surface area (Å²) in [4.78, 5) is 0. The second-order valence-corrected chi connectivity index (χ2v) is 10.5. The molecule has 0 amide bonds. The molecule has 0 unspecified atom stereocenters. The van der Waals surface area contributed by atoms with Crippen LogP contribution in [0.3, 0.4) is 0 Å². The van der Waals surface area contributed by atoms with E-state index in [9.17, 15) is 13.2 Å². The minimum absolute atomic E-state index is 0.122. The van der Waals surface area contributed by atoms with Gasteiger partial charge in [0.15, 0.2) is 0 Å². The standard InChI is InChI=1S/C29H21F3OSe/c30-29(31,32)23-14-10-20(11-15-23)18-27-28(25-8-4-5-9-26(25)34-27)22-12-16-24(17-13-22)33-19-21-6-2-1-3-7-21/h1-17H,18-19H2. The molecule has 0 aliphatic heterocycles. The molecule has 4 aromatic carbocycles. The number of hydrogen-bond donors (Lipinski definition) is 0. The maximum absolute atomic E-state index is 13.0. The van der Waals surface area contributed by atoms with Crippen LogP contribution in [0, 0.1) is 0 Å². The van der Waals surface area contributed by atoms with E-state index in [0.29, 0.717) is 13.0 Å². The molecule has 0 atom stereocenters. The minimum atomic E-state index is -4.32. The fourth-order valence-electron chi connectivity index (χ4n) is 3.99. The van der Waals surface area contributed by atoms with E-state index < -0.39 is 11.7 Å². The molecule has 0 bridgehead atoms. The van der Waals surface area contributed by atoms with Crippen LogP contribution in [0.4, 0.5) is 13.2 Å². The number of hydrogen-bond acceptors (Lipinski definition) is 1. The monoisotopic (exact) mass is 522 g/mol. The van der Waals surface area contributed by atoms with Gasteiger partial charge in [-0.15, -0.1) is 0 Å². The van der Waals surface area contributed by atoms with Crippen LogP contribution in [-0.2, 0) is 19.2 Å². The summed E-state index contributed by atoms with van der Waals surface area (Å²) in [6.07, 6.45) is -3.69. The molecule has 0 aliphatic rings. The predicted octanol–water partition coefficient (Wildman–Crippen LogP) is 7.75. The Labute approximate surface area is 202 Å². The van der Waals surface area contributed by atoms with Gasteiger partial charge in [0.1, 0.15) is 0 Å². The Balaban J connectivity index is 1.43. The van der Waals surface area contributed by atoms with Crippen LogP contribution in [0.1, 0.15) is 21.1 Å².